The molecular weight excluding hydrogens is 343 g/mol. The molecule has 1 N–H and O–H groups in total. The molecule has 2 aromatic heterocycles. The molecule has 2 fully saturated rings. The Labute approximate surface area is 160 Å². The lowest BCUT2D eigenvalue weighted by atomic mass is 9.89. The van der Waals surface area contributed by atoms with Crippen molar-refractivity contribution in [3.63, 3.8) is 0 Å². The van der Waals surface area contributed by atoms with Crippen LogP contribution in [0.2, 0.25) is 0 Å². The van der Waals surface area contributed by atoms with Crippen LogP contribution in [0.5, 0.6) is 0 Å². The average molecular weight is 375 g/mol. The third kappa shape index (κ3) is 4.08. The van der Waals surface area contributed by atoms with Gasteiger partial charge in [-0.05, 0) is 26.7 Å². The molecule has 2 aliphatic rings. The molecule has 3 heterocycles. The number of rotatable bonds is 6. The van der Waals surface area contributed by atoms with Gasteiger partial charge in [-0.25, -0.2) is 4.98 Å². The summed E-state index contributed by atoms with van der Waals surface area (Å²) in [6, 6.07) is 0.357. The average Bonchev–Trinajstić information content (AvgIpc) is 3.42. The van der Waals surface area contributed by atoms with Crippen molar-refractivity contribution in [2.45, 2.75) is 70.4 Å². The first-order chi connectivity index (χ1) is 13.1. The van der Waals surface area contributed by atoms with Gasteiger partial charge in [-0.15, -0.1) is 0 Å². The molecule has 1 saturated carbocycles. The van der Waals surface area contributed by atoms with E-state index in [2.05, 4.69) is 40.2 Å². The second kappa shape index (κ2) is 8.09. The zero-order chi connectivity index (χ0) is 18.8. The molecule has 0 unspecified atom stereocenters. The third-order valence-electron chi connectivity index (χ3n) is 6.15. The van der Waals surface area contributed by atoms with E-state index in [0.717, 1.165) is 31.3 Å². The van der Waals surface area contributed by atoms with Crippen LogP contribution >= 0.6 is 0 Å². The number of alkyl halides is 1. The highest BCUT2D eigenvalue weighted by atomic mass is 19.1. The van der Waals surface area contributed by atoms with E-state index in [-0.39, 0.29) is 18.5 Å². The minimum Gasteiger partial charge on any atom is -0.298 e. The SMILES string of the molecule is CC(C)n1cc(CN2C[C@@H](CF)[C@H](c3nc(C4CCCCC4)n[nH]3)C2)cn1. The first-order valence-electron chi connectivity index (χ1n) is 10.4. The van der Waals surface area contributed by atoms with Crippen molar-refractivity contribution in [3.8, 4) is 0 Å². The minimum absolute atomic E-state index is 0.0164. The van der Waals surface area contributed by atoms with Gasteiger partial charge in [0.2, 0.25) is 0 Å². The highest BCUT2D eigenvalue weighted by Gasteiger charge is 2.36. The lowest BCUT2D eigenvalue weighted by molar-refractivity contribution is 0.295. The Morgan fingerprint density at radius 3 is 2.74 bits per heavy atom. The van der Waals surface area contributed by atoms with Crippen molar-refractivity contribution in [1.29, 1.82) is 0 Å². The molecule has 4 rings (SSSR count). The fourth-order valence-electron chi connectivity index (χ4n) is 4.55. The number of nitrogens with zero attached hydrogens (tertiary/aromatic N) is 5. The fourth-order valence-corrected chi connectivity index (χ4v) is 4.55. The number of nitrogens with one attached hydrogen (secondary N) is 1. The number of aromatic nitrogens is 5. The molecule has 0 radical (unpaired) electrons. The van der Waals surface area contributed by atoms with Gasteiger partial charge in [0.25, 0.3) is 0 Å². The monoisotopic (exact) mass is 374 g/mol. The van der Waals surface area contributed by atoms with Gasteiger partial charge in [0, 0.05) is 55.2 Å². The van der Waals surface area contributed by atoms with E-state index in [4.69, 9.17) is 4.98 Å². The van der Waals surface area contributed by atoms with Gasteiger partial charge in [-0.2, -0.15) is 10.2 Å². The van der Waals surface area contributed by atoms with Crippen LogP contribution < -0.4 is 0 Å². The van der Waals surface area contributed by atoms with E-state index in [1.54, 1.807) is 0 Å². The minimum atomic E-state index is -0.314. The lowest BCUT2D eigenvalue weighted by Crippen LogP contribution is -2.20. The molecule has 6 nitrogen and oxygen atoms in total. The van der Waals surface area contributed by atoms with Crippen molar-refractivity contribution >= 4 is 0 Å². The van der Waals surface area contributed by atoms with E-state index < -0.39 is 0 Å². The van der Waals surface area contributed by atoms with E-state index in [1.165, 1.54) is 37.7 Å². The summed E-state index contributed by atoms with van der Waals surface area (Å²) in [5, 5.41) is 12.1. The van der Waals surface area contributed by atoms with Crippen molar-refractivity contribution in [1.82, 2.24) is 29.9 Å². The molecule has 2 atom stereocenters. The second-order valence-electron chi connectivity index (χ2n) is 8.55. The smallest absolute Gasteiger partial charge is 0.153 e. The largest absolute Gasteiger partial charge is 0.298 e. The number of H-pyrrole nitrogens is 1. The summed E-state index contributed by atoms with van der Waals surface area (Å²) in [7, 11) is 0. The summed E-state index contributed by atoms with van der Waals surface area (Å²) in [4.78, 5) is 7.13. The molecule has 1 saturated heterocycles. The Morgan fingerprint density at radius 1 is 1.22 bits per heavy atom. The van der Waals surface area contributed by atoms with Gasteiger partial charge < -0.3 is 0 Å². The maximum absolute atomic E-state index is 13.7. The Bertz CT molecular complexity index is 732. The summed E-state index contributed by atoms with van der Waals surface area (Å²) in [5.74, 6) is 2.38. The normalized spacial score (nSPS) is 24.9. The quantitative estimate of drug-likeness (QED) is 0.835. The van der Waals surface area contributed by atoms with Gasteiger partial charge in [0.1, 0.15) is 5.82 Å². The fraction of sp³-hybridized carbons (Fsp3) is 0.750. The molecule has 0 spiro atoms. The zero-order valence-electron chi connectivity index (χ0n) is 16.4. The third-order valence-corrected chi connectivity index (χ3v) is 6.15. The second-order valence-corrected chi connectivity index (χ2v) is 8.55. The van der Waals surface area contributed by atoms with Crippen molar-refractivity contribution in [2.24, 2.45) is 5.92 Å². The summed E-state index contributed by atoms with van der Waals surface area (Å²) in [5.41, 5.74) is 1.18. The molecule has 2 aromatic rings. The van der Waals surface area contributed by atoms with Gasteiger partial charge in [-0.1, -0.05) is 19.3 Å². The van der Waals surface area contributed by atoms with Crippen LogP contribution in [0.25, 0.3) is 0 Å². The topological polar surface area (TPSA) is 62.6 Å². The number of aromatic amines is 1. The van der Waals surface area contributed by atoms with Crippen LogP contribution in [0.1, 0.15) is 81.0 Å². The predicted octanol–water partition coefficient (Wildman–Crippen LogP) is 3.81. The molecule has 0 amide bonds. The van der Waals surface area contributed by atoms with Crippen LogP contribution in [-0.2, 0) is 6.54 Å². The van der Waals surface area contributed by atoms with Crippen LogP contribution in [0.15, 0.2) is 12.4 Å². The Hall–Kier alpha value is -1.76. The molecule has 148 valence electrons. The van der Waals surface area contributed by atoms with Gasteiger partial charge in [0.15, 0.2) is 5.82 Å². The highest BCUT2D eigenvalue weighted by Crippen LogP contribution is 2.35. The summed E-state index contributed by atoms with van der Waals surface area (Å²) in [6.45, 7) is 6.31. The highest BCUT2D eigenvalue weighted by molar-refractivity contribution is 5.10. The molecule has 1 aliphatic heterocycles. The number of hydrogen-bond donors (Lipinski definition) is 1. The first kappa shape index (κ1) is 18.6. The molecule has 0 bridgehead atoms. The summed E-state index contributed by atoms with van der Waals surface area (Å²) < 4.78 is 15.7. The van der Waals surface area contributed by atoms with Crippen LogP contribution in [0.3, 0.4) is 0 Å². The van der Waals surface area contributed by atoms with Crippen LogP contribution in [0.4, 0.5) is 4.39 Å². The summed E-state index contributed by atoms with van der Waals surface area (Å²) >= 11 is 0. The van der Waals surface area contributed by atoms with E-state index in [0.29, 0.717) is 12.0 Å². The van der Waals surface area contributed by atoms with E-state index in [1.807, 2.05) is 10.9 Å². The van der Waals surface area contributed by atoms with Gasteiger partial charge in [0.05, 0.1) is 12.9 Å². The van der Waals surface area contributed by atoms with E-state index in [9.17, 15) is 4.39 Å². The van der Waals surface area contributed by atoms with E-state index >= 15 is 0 Å². The van der Waals surface area contributed by atoms with Crippen molar-refractivity contribution < 1.29 is 4.39 Å². The van der Waals surface area contributed by atoms with Crippen molar-refractivity contribution in [2.75, 3.05) is 19.8 Å². The molecular formula is C20H31FN6. The molecule has 7 heteroatoms. The van der Waals surface area contributed by atoms with Gasteiger partial charge >= 0.3 is 0 Å². The Morgan fingerprint density at radius 2 is 2.04 bits per heavy atom. The summed E-state index contributed by atoms with van der Waals surface area (Å²) in [6.07, 6.45) is 10.2. The van der Waals surface area contributed by atoms with Crippen LogP contribution in [0, 0.1) is 5.92 Å². The lowest BCUT2D eigenvalue weighted by Gasteiger charge is -2.18. The Balaban J connectivity index is 1.42. The van der Waals surface area contributed by atoms with Gasteiger partial charge in [-0.3, -0.25) is 19.1 Å². The maximum atomic E-state index is 13.7. The van der Waals surface area contributed by atoms with Crippen molar-refractivity contribution in [3.05, 3.63) is 29.6 Å². The number of likely N-dealkylation sites (tertiary alicyclic amines) is 1. The maximum Gasteiger partial charge on any atom is 0.153 e. The first-order valence-corrected chi connectivity index (χ1v) is 10.4. The zero-order valence-corrected chi connectivity index (χ0v) is 16.4. The molecule has 27 heavy (non-hydrogen) atoms. The standard InChI is InChI=1S/C20H31FN6/c1-14(2)27-11-15(9-22-27)10-26-12-17(8-21)18(13-26)20-23-19(24-25-20)16-6-4-3-5-7-16/h9,11,14,16-18H,3-8,10,12-13H2,1-2H3,(H,23,24,25)/t17-,18-/m1/s1. The predicted molar refractivity (Wildman–Crippen MR) is 102 cm³/mol. The molecule has 0 aromatic carbocycles. The van der Waals surface area contributed by atoms with Crippen LogP contribution in [-0.4, -0.2) is 49.6 Å². The molecule has 1 aliphatic carbocycles. The Kier molecular flexibility index (Phi) is 5.57. The number of halogens is 1. The number of hydrogen-bond acceptors (Lipinski definition) is 4.